The van der Waals surface area contributed by atoms with Crippen molar-refractivity contribution in [3.05, 3.63) is 125 Å². The van der Waals surface area contributed by atoms with Crippen molar-refractivity contribution in [1.29, 1.82) is 0 Å². The Bertz CT molecular complexity index is 1670. The normalized spacial score (nSPS) is 10.8. The van der Waals surface area contributed by atoms with Gasteiger partial charge in [0.15, 0.2) is 11.7 Å². The van der Waals surface area contributed by atoms with Gasteiger partial charge in [-0.25, -0.2) is 10.4 Å². The number of aromatic nitrogens is 1. The molecule has 0 radical (unpaired) electrons. The van der Waals surface area contributed by atoms with Gasteiger partial charge in [0, 0.05) is 33.4 Å². The monoisotopic (exact) mass is 561 g/mol. The van der Waals surface area contributed by atoms with Crippen LogP contribution < -0.4 is 20.8 Å². The number of ether oxygens (including phenoxy) is 1. The van der Waals surface area contributed by atoms with E-state index >= 15 is 0 Å². The van der Waals surface area contributed by atoms with Gasteiger partial charge < -0.3 is 15.4 Å². The average Bonchev–Trinajstić information content (AvgIpc) is 3.47. The van der Waals surface area contributed by atoms with Gasteiger partial charge in [0.1, 0.15) is 5.75 Å². The predicted octanol–water partition coefficient (Wildman–Crippen LogP) is 6.64. The van der Waals surface area contributed by atoms with Crippen molar-refractivity contribution in [1.82, 2.24) is 10.4 Å². The number of hydrogen-bond acceptors (Lipinski definition) is 7. The zero-order valence-electron chi connectivity index (χ0n) is 22.2. The van der Waals surface area contributed by atoms with Crippen LogP contribution in [0.2, 0.25) is 0 Å². The number of aryl methyl sites for hydroxylation is 1. The molecular formula is C32H27N5O3S. The first-order valence-electron chi connectivity index (χ1n) is 12.8. The molecule has 0 saturated carbocycles. The Hall–Kier alpha value is -5.28. The summed E-state index contributed by atoms with van der Waals surface area (Å²) in [6.45, 7) is 1.76. The molecule has 9 heteroatoms. The highest BCUT2D eigenvalue weighted by molar-refractivity contribution is 7.14. The van der Waals surface area contributed by atoms with Crippen LogP contribution in [0.25, 0.3) is 11.3 Å². The largest absolute Gasteiger partial charge is 0.483 e. The van der Waals surface area contributed by atoms with Crippen molar-refractivity contribution in [3.63, 3.8) is 0 Å². The van der Waals surface area contributed by atoms with Gasteiger partial charge in [0.2, 0.25) is 0 Å². The van der Waals surface area contributed by atoms with Gasteiger partial charge in [-0.1, -0.05) is 60.7 Å². The zero-order chi connectivity index (χ0) is 28.4. The number of rotatable bonds is 10. The van der Waals surface area contributed by atoms with E-state index in [1.165, 1.54) is 17.6 Å². The molecule has 0 bridgehead atoms. The van der Waals surface area contributed by atoms with Crippen LogP contribution in [0, 0.1) is 6.92 Å². The molecule has 0 aliphatic rings. The van der Waals surface area contributed by atoms with Gasteiger partial charge in [-0.3, -0.25) is 9.59 Å². The maximum atomic E-state index is 12.7. The standard InChI is InChI=1S/C32H27N5O3S/c1-22-9-5-7-13-27(22)35-30(38)20-40-29-14-8-6-10-25(29)19-33-37-31(39)24-17-15-23(16-18-24)28-21-41-32(36-28)34-26-11-3-2-4-12-26/h2-19,21H,20H2,1H3,(H,34,36)(H,35,38)(H,37,39)/b33-19+. The zero-order valence-corrected chi connectivity index (χ0v) is 23.0. The first kappa shape index (κ1) is 27.3. The summed E-state index contributed by atoms with van der Waals surface area (Å²) in [7, 11) is 0. The molecule has 204 valence electrons. The van der Waals surface area contributed by atoms with Gasteiger partial charge in [0.25, 0.3) is 11.8 Å². The summed E-state index contributed by atoms with van der Waals surface area (Å²) in [5.41, 5.74) is 8.02. The van der Waals surface area contributed by atoms with E-state index in [4.69, 9.17) is 4.74 Å². The third-order valence-corrected chi connectivity index (χ3v) is 6.80. The highest BCUT2D eigenvalue weighted by atomic mass is 32.1. The van der Waals surface area contributed by atoms with Crippen LogP contribution >= 0.6 is 11.3 Å². The lowest BCUT2D eigenvalue weighted by molar-refractivity contribution is -0.118. The van der Waals surface area contributed by atoms with E-state index in [1.807, 2.05) is 85.1 Å². The fourth-order valence-corrected chi connectivity index (χ4v) is 4.63. The lowest BCUT2D eigenvalue weighted by Gasteiger charge is -2.11. The molecule has 0 unspecified atom stereocenters. The van der Waals surface area contributed by atoms with Crippen molar-refractivity contribution in [3.8, 4) is 17.0 Å². The Kier molecular flexibility index (Phi) is 8.78. The van der Waals surface area contributed by atoms with Crippen molar-refractivity contribution >= 4 is 45.9 Å². The third-order valence-electron chi connectivity index (χ3n) is 6.04. The van der Waals surface area contributed by atoms with Crippen LogP contribution in [0.5, 0.6) is 5.75 Å². The molecule has 2 amide bonds. The number of nitrogens with one attached hydrogen (secondary N) is 3. The Morgan fingerprint density at radius 2 is 1.63 bits per heavy atom. The third kappa shape index (κ3) is 7.43. The number of carbonyl (C=O) groups excluding carboxylic acids is 2. The molecule has 0 atom stereocenters. The minimum atomic E-state index is -0.353. The topological polar surface area (TPSA) is 105 Å². The Balaban J connectivity index is 1.15. The van der Waals surface area contributed by atoms with Crippen molar-refractivity contribution in [2.75, 3.05) is 17.2 Å². The van der Waals surface area contributed by atoms with E-state index in [9.17, 15) is 9.59 Å². The van der Waals surface area contributed by atoms with E-state index < -0.39 is 0 Å². The molecule has 8 nitrogen and oxygen atoms in total. The fourth-order valence-electron chi connectivity index (χ4n) is 3.89. The minimum Gasteiger partial charge on any atom is -0.483 e. The summed E-state index contributed by atoms with van der Waals surface area (Å²) in [4.78, 5) is 29.7. The number of benzene rings is 4. The van der Waals surface area contributed by atoms with Gasteiger partial charge in [-0.15, -0.1) is 11.3 Å². The van der Waals surface area contributed by atoms with Crippen LogP contribution in [-0.4, -0.2) is 29.6 Å². The summed E-state index contributed by atoms with van der Waals surface area (Å²) in [5.74, 6) is -0.156. The van der Waals surface area contributed by atoms with E-state index in [1.54, 1.807) is 30.3 Å². The second-order valence-corrected chi connectivity index (χ2v) is 9.85. The van der Waals surface area contributed by atoms with Crippen LogP contribution in [-0.2, 0) is 4.79 Å². The molecule has 0 aliphatic heterocycles. The second kappa shape index (κ2) is 13.2. The van der Waals surface area contributed by atoms with E-state index in [0.29, 0.717) is 16.9 Å². The minimum absolute atomic E-state index is 0.166. The van der Waals surface area contributed by atoms with Gasteiger partial charge in [-0.2, -0.15) is 5.10 Å². The average molecular weight is 562 g/mol. The summed E-state index contributed by atoms with van der Waals surface area (Å²) in [6.07, 6.45) is 1.48. The molecule has 4 aromatic carbocycles. The number of hydrogen-bond donors (Lipinski definition) is 3. The number of anilines is 3. The number of nitrogens with zero attached hydrogens (tertiary/aromatic N) is 2. The summed E-state index contributed by atoms with van der Waals surface area (Å²) in [6, 6.07) is 31.7. The lowest BCUT2D eigenvalue weighted by Crippen LogP contribution is -2.21. The molecule has 0 aliphatic carbocycles. The van der Waals surface area contributed by atoms with E-state index in [0.717, 1.165) is 33.3 Å². The Morgan fingerprint density at radius 1 is 0.902 bits per heavy atom. The molecule has 3 N–H and O–H groups in total. The van der Waals surface area contributed by atoms with Gasteiger partial charge in [0.05, 0.1) is 11.9 Å². The molecule has 1 aromatic heterocycles. The van der Waals surface area contributed by atoms with Crippen molar-refractivity contribution < 1.29 is 14.3 Å². The van der Waals surface area contributed by atoms with Crippen molar-refractivity contribution in [2.24, 2.45) is 5.10 Å². The summed E-state index contributed by atoms with van der Waals surface area (Å²) < 4.78 is 5.72. The van der Waals surface area contributed by atoms with Crippen LogP contribution in [0.3, 0.4) is 0 Å². The van der Waals surface area contributed by atoms with Gasteiger partial charge in [-0.05, 0) is 55.0 Å². The van der Waals surface area contributed by atoms with Crippen molar-refractivity contribution in [2.45, 2.75) is 6.92 Å². The quantitative estimate of drug-likeness (QED) is 0.131. The molecule has 5 rings (SSSR count). The molecule has 5 aromatic rings. The molecule has 0 saturated heterocycles. The maximum Gasteiger partial charge on any atom is 0.271 e. The molecule has 0 fully saturated rings. The molecule has 0 spiro atoms. The summed E-state index contributed by atoms with van der Waals surface area (Å²) >= 11 is 1.51. The number of carbonyl (C=O) groups is 2. The Labute approximate surface area is 241 Å². The number of para-hydroxylation sites is 3. The smallest absolute Gasteiger partial charge is 0.271 e. The van der Waals surface area contributed by atoms with Crippen LogP contribution in [0.4, 0.5) is 16.5 Å². The van der Waals surface area contributed by atoms with Gasteiger partial charge >= 0.3 is 0 Å². The second-order valence-electron chi connectivity index (χ2n) is 8.99. The first-order valence-corrected chi connectivity index (χ1v) is 13.7. The molecule has 41 heavy (non-hydrogen) atoms. The molecule has 1 heterocycles. The van der Waals surface area contributed by atoms with Crippen LogP contribution in [0.1, 0.15) is 21.5 Å². The maximum absolute atomic E-state index is 12.7. The molecular weight excluding hydrogens is 534 g/mol. The summed E-state index contributed by atoms with van der Waals surface area (Å²) in [5, 5.41) is 13.0. The Morgan fingerprint density at radius 3 is 2.44 bits per heavy atom. The highest BCUT2D eigenvalue weighted by Crippen LogP contribution is 2.27. The fraction of sp³-hybridized carbons (Fsp3) is 0.0625. The predicted molar refractivity (Wildman–Crippen MR) is 164 cm³/mol. The highest BCUT2D eigenvalue weighted by Gasteiger charge is 2.10. The number of hydrazone groups is 1. The lowest BCUT2D eigenvalue weighted by atomic mass is 10.1. The SMILES string of the molecule is Cc1ccccc1NC(=O)COc1ccccc1/C=N/NC(=O)c1ccc(-c2csc(Nc3ccccc3)n2)cc1. The first-order chi connectivity index (χ1) is 20.0. The van der Waals surface area contributed by atoms with E-state index in [2.05, 4.69) is 26.1 Å². The number of thiazole rings is 1. The van der Waals surface area contributed by atoms with E-state index in [-0.39, 0.29) is 18.4 Å². The van der Waals surface area contributed by atoms with Crippen LogP contribution in [0.15, 0.2) is 114 Å². The number of amides is 2.